The van der Waals surface area contributed by atoms with Crippen molar-refractivity contribution in [2.75, 3.05) is 19.0 Å². The van der Waals surface area contributed by atoms with Crippen LogP contribution >= 0.6 is 23.2 Å². The van der Waals surface area contributed by atoms with Gasteiger partial charge in [-0.3, -0.25) is 0 Å². The maximum atomic E-state index is 6.14. The Hall–Kier alpha value is -1.84. The van der Waals surface area contributed by atoms with Crippen molar-refractivity contribution in [2.24, 2.45) is 0 Å². The van der Waals surface area contributed by atoms with Gasteiger partial charge in [0.15, 0.2) is 11.5 Å². The molecule has 0 aliphatic rings. The van der Waals surface area contributed by atoms with Crippen LogP contribution in [0.1, 0.15) is 5.56 Å². The molecular weight excluding hydrogens is 321 g/mol. The number of methoxy groups -OCH3 is 1. The van der Waals surface area contributed by atoms with E-state index < -0.39 is 0 Å². The minimum atomic E-state index is 0.439. The molecule has 22 heavy (non-hydrogen) atoms. The Kier molecular flexibility index (Phi) is 5.99. The van der Waals surface area contributed by atoms with E-state index in [0.29, 0.717) is 34.7 Å². The number of ether oxygens (including phenoxy) is 2. The van der Waals surface area contributed by atoms with Crippen molar-refractivity contribution in [3.05, 3.63) is 64.7 Å². The summed E-state index contributed by atoms with van der Waals surface area (Å²) in [5, 5.41) is 4.47. The Labute approximate surface area is 140 Å². The molecule has 0 fully saturated rings. The fraction of sp³-hybridized carbons (Fsp3) is 0.176. The summed E-state index contributed by atoms with van der Waals surface area (Å²) in [5.74, 6) is 1.37. The molecule has 0 amide bonds. The monoisotopic (exact) mass is 337 g/mol. The van der Waals surface area contributed by atoms with Crippen LogP contribution in [0.25, 0.3) is 0 Å². The van der Waals surface area contributed by atoms with Crippen LogP contribution < -0.4 is 14.8 Å². The van der Waals surface area contributed by atoms with E-state index in [2.05, 4.69) is 11.9 Å². The lowest BCUT2D eigenvalue weighted by atomic mass is 10.2. The molecule has 116 valence electrons. The number of hydrogen-bond donors (Lipinski definition) is 1. The molecule has 0 saturated heterocycles. The number of hydrogen-bond acceptors (Lipinski definition) is 3. The van der Waals surface area contributed by atoms with Gasteiger partial charge in [-0.15, -0.1) is 0 Å². The van der Waals surface area contributed by atoms with Gasteiger partial charge in [0.25, 0.3) is 0 Å². The summed E-state index contributed by atoms with van der Waals surface area (Å²) in [6.07, 6.45) is 1.69. The summed E-state index contributed by atoms with van der Waals surface area (Å²) in [6.45, 7) is 4.68. The third-order valence-corrected chi connectivity index (χ3v) is 3.55. The second kappa shape index (κ2) is 7.97. The third kappa shape index (κ3) is 4.33. The van der Waals surface area contributed by atoms with Gasteiger partial charge in [0.1, 0.15) is 6.61 Å². The predicted molar refractivity (Wildman–Crippen MR) is 92.5 cm³/mol. The van der Waals surface area contributed by atoms with Gasteiger partial charge in [-0.05, 0) is 35.9 Å². The normalized spacial score (nSPS) is 10.1. The zero-order valence-corrected chi connectivity index (χ0v) is 13.7. The molecule has 2 rings (SSSR count). The van der Waals surface area contributed by atoms with E-state index in [9.17, 15) is 0 Å². The summed E-state index contributed by atoms with van der Waals surface area (Å²) in [4.78, 5) is 0. The molecule has 0 aliphatic carbocycles. The molecule has 2 aromatic rings. The highest BCUT2D eigenvalue weighted by Crippen LogP contribution is 2.29. The van der Waals surface area contributed by atoms with Gasteiger partial charge < -0.3 is 14.8 Å². The highest BCUT2D eigenvalue weighted by atomic mass is 35.5. The maximum Gasteiger partial charge on any atom is 0.161 e. The van der Waals surface area contributed by atoms with Gasteiger partial charge in [0.2, 0.25) is 0 Å². The van der Waals surface area contributed by atoms with Crippen molar-refractivity contribution in [3.63, 3.8) is 0 Å². The Morgan fingerprint density at radius 1 is 1.14 bits per heavy atom. The van der Waals surface area contributed by atoms with E-state index in [4.69, 9.17) is 32.7 Å². The molecular formula is C17H17Cl2NO2. The van der Waals surface area contributed by atoms with Crippen molar-refractivity contribution in [1.82, 2.24) is 0 Å². The molecule has 5 heteroatoms. The van der Waals surface area contributed by atoms with Gasteiger partial charge in [0, 0.05) is 11.6 Å². The molecule has 1 N–H and O–H groups in total. The lowest BCUT2D eigenvalue weighted by Gasteiger charge is -2.13. The average molecular weight is 338 g/mol. The highest BCUT2D eigenvalue weighted by Gasteiger charge is 2.06. The molecule has 0 spiro atoms. The van der Waals surface area contributed by atoms with Crippen LogP contribution in [0, 0.1) is 0 Å². The first-order valence-electron chi connectivity index (χ1n) is 6.73. The predicted octanol–water partition coefficient (Wildman–Crippen LogP) is 5.18. The standard InChI is InChI=1S/C17H17Cl2NO2/c1-3-8-22-16-7-4-12(9-17(16)21-2)11-20-15-6-5-13(18)10-14(15)19/h3-7,9-10,20H,1,8,11H2,2H3. The van der Waals surface area contributed by atoms with Crippen molar-refractivity contribution in [3.8, 4) is 11.5 Å². The van der Waals surface area contributed by atoms with E-state index in [-0.39, 0.29) is 0 Å². The Morgan fingerprint density at radius 2 is 1.95 bits per heavy atom. The first-order chi connectivity index (χ1) is 10.6. The largest absolute Gasteiger partial charge is 0.493 e. The zero-order chi connectivity index (χ0) is 15.9. The zero-order valence-electron chi connectivity index (χ0n) is 12.2. The lowest BCUT2D eigenvalue weighted by molar-refractivity contribution is 0.326. The van der Waals surface area contributed by atoms with Gasteiger partial charge in [0.05, 0.1) is 17.8 Å². The summed E-state index contributed by atoms with van der Waals surface area (Å²) >= 11 is 12.0. The third-order valence-electron chi connectivity index (χ3n) is 3.00. The van der Waals surface area contributed by atoms with Crippen molar-refractivity contribution >= 4 is 28.9 Å². The fourth-order valence-corrected chi connectivity index (χ4v) is 2.40. The summed E-state index contributed by atoms with van der Waals surface area (Å²) in [7, 11) is 1.61. The molecule has 0 aromatic heterocycles. The van der Waals surface area contributed by atoms with Gasteiger partial charge in [-0.1, -0.05) is 41.9 Å². The highest BCUT2D eigenvalue weighted by molar-refractivity contribution is 6.36. The molecule has 2 aromatic carbocycles. The summed E-state index contributed by atoms with van der Waals surface area (Å²) in [6, 6.07) is 11.1. The summed E-state index contributed by atoms with van der Waals surface area (Å²) in [5.41, 5.74) is 1.88. The Bertz CT molecular complexity index is 659. The Balaban J connectivity index is 2.08. The molecule has 0 heterocycles. The van der Waals surface area contributed by atoms with E-state index >= 15 is 0 Å². The Morgan fingerprint density at radius 3 is 2.64 bits per heavy atom. The van der Waals surface area contributed by atoms with Crippen molar-refractivity contribution in [1.29, 1.82) is 0 Å². The molecule has 0 atom stereocenters. The molecule has 3 nitrogen and oxygen atoms in total. The summed E-state index contributed by atoms with van der Waals surface area (Å²) < 4.78 is 10.9. The molecule has 0 aliphatic heterocycles. The van der Waals surface area contributed by atoms with Crippen LogP contribution in [-0.2, 0) is 6.54 Å². The van der Waals surface area contributed by atoms with Crippen LogP contribution in [0.15, 0.2) is 49.1 Å². The van der Waals surface area contributed by atoms with Crippen LogP contribution in [-0.4, -0.2) is 13.7 Å². The van der Waals surface area contributed by atoms with Gasteiger partial charge in [-0.25, -0.2) is 0 Å². The number of rotatable bonds is 7. The lowest BCUT2D eigenvalue weighted by Crippen LogP contribution is -2.02. The fourth-order valence-electron chi connectivity index (χ4n) is 1.92. The number of nitrogens with one attached hydrogen (secondary N) is 1. The second-order valence-electron chi connectivity index (χ2n) is 4.56. The van der Waals surface area contributed by atoms with Crippen molar-refractivity contribution in [2.45, 2.75) is 6.54 Å². The van der Waals surface area contributed by atoms with Gasteiger partial charge >= 0.3 is 0 Å². The minimum Gasteiger partial charge on any atom is -0.493 e. The number of halogens is 2. The topological polar surface area (TPSA) is 30.5 Å². The average Bonchev–Trinajstić information content (AvgIpc) is 2.52. The first kappa shape index (κ1) is 16.5. The van der Waals surface area contributed by atoms with Crippen molar-refractivity contribution < 1.29 is 9.47 Å². The van der Waals surface area contributed by atoms with Crippen LogP contribution in [0.5, 0.6) is 11.5 Å². The van der Waals surface area contributed by atoms with Crippen LogP contribution in [0.3, 0.4) is 0 Å². The van der Waals surface area contributed by atoms with Crippen LogP contribution in [0.4, 0.5) is 5.69 Å². The SMILES string of the molecule is C=CCOc1ccc(CNc2ccc(Cl)cc2Cl)cc1OC. The van der Waals surface area contributed by atoms with E-state index in [1.807, 2.05) is 24.3 Å². The number of anilines is 1. The quantitative estimate of drug-likeness (QED) is 0.706. The van der Waals surface area contributed by atoms with Crippen LogP contribution in [0.2, 0.25) is 10.0 Å². The first-order valence-corrected chi connectivity index (χ1v) is 7.49. The smallest absolute Gasteiger partial charge is 0.161 e. The molecule has 0 radical (unpaired) electrons. The molecule has 0 unspecified atom stereocenters. The molecule has 0 bridgehead atoms. The number of benzene rings is 2. The second-order valence-corrected chi connectivity index (χ2v) is 5.41. The molecule has 0 saturated carbocycles. The minimum absolute atomic E-state index is 0.439. The van der Waals surface area contributed by atoms with E-state index in [0.717, 1.165) is 11.3 Å². The van der Waals surface area contributed by atoms with Gasteiger partial charge in [-0.2, -0.15) is 0 Å². The van der Waals surface area contributed by atoms with E-state index in [1.54, 1.807) is 25.3 Å². The van der Waals surface area contributed by atoms with E-state index in [1.165, 1.54) is 0 Å². The maximum absolute atomic E-state index is 6.14.